The second-order valence-corrected chi connectivity index (χ2v) is 5.41. The van der Waals surface area contributed by atoms with Crippen molar-refractivity contribution < 1.29 is 5.11 Å². The predicted octanol–water partition coefficient (Wildman–Crippen LogP) is 2.52. The zero-order chi connectivity index (χ0) is 16.7. The Hall–Kier alpha value is -2.66. The number of β-amino-alcohol motifs (C(OH)–C–C–N with tert-alkyl or cyclic N) is 1. The Morgan fingerprint density at radius 3 is 2.52 bits per heavy atom. The Morgan fingerprint density at radius 1 is 1.22 bits per heavy atom. The molecule has 4 heteroatoms. The number of likely N-dealkylation sites (N-methyl/N-ethyl adjacent to an activating group) is 1. The third-order valence-electron chi connectivity index (χ3n) is 4.02. The van der Waals surface area contributed by atoms with Crippen LogP contribution in [0.25, 0.3) is 6.08 Å². The van der Waals surface area contributed by atoms with Crippen LogP contribution in [0.4, 0.5) is 0 Å². The van der Waals surface area contributed by atoms with Gasteiger partial charge in [0.1, 0.15) is 12.1 Å². The molecular formula is C19H19N3O. The van der Waals surface area contributed by atoms with Gasteiger partial charge >= 0.3 is 0 Å². The normalized spacial score (nSPS) is 18.8. The van der Waals surface area contributed by atoms with Crippen LogP contribution in [0.2, 0.25) is 0 Å². The molecular weight excluding hydrogens is 286 g/mol. The van der Waals surface area contributed by atoms with E-state index in [4.69, 9.17) is 0 Å². The van der Waals surface area contributed by atoms with E-state index in [1.807, 2.05) is 60.7 Å². The number of allylic oxidation sites excluding steroid dienone is 3. The van der Waals surface area contributed by atoms with Gasteiger partial charge in [-0.15, -0.1) is 0 Å². The average Bonchev–Trinajstić information content (AvgIpc) is 2.59. The molecule has 0 radical (unpaired) electrons. The molecule has 116 valence electrons. The summed E-state index contributed by atoms with van der Waals surface area (Å²) in [4.78, 5) is 1.61. The monoisotopic (exact) mass is 305 g/mol. The maximum absolute atomic E-state index is 9.73. The number of nitriles is 2. The van der Waals surface area contributed by atoms with E-state index in [9.17, 15) is 15.6 Å². The van der Waals surface area contributed by atoms with E-state index < -0.39 is 5.54 Å². The van der Waals surface area contributed by atoms with Gasteiger partial charge in [0.25, 0.3) is 0 Å². The Balaban J connectivity index is 2.47. The highest BCUT2D eigenvalue weighted by Crippen LogP contribution is 2.34. The number of hydrogen-bond acceptors (Lipinski definition) is 4. The van der Waals surface area contributed by atoms with Crippen LogP contribution in [0.15, 0.2) is 60.2 Å². The third-order valence-corrected chi connectivity index (χ3v) is 4.02. The van der Waals surface area contributed by atoms with Crippen LogP contribution < -0.4 is 0 Å². The molecule has 4 nitrogen and oxygen atoms in total. The van der Waals surface area contributed by atoms with Crippen molar-refractivity contribution in [1.82, 2.24) is 4.90 Å². The van der Waals surface area contributed by atoms with Crippen LogP contribution >= 0.6 is 0 Å². The van der Waals surface area contributed by atoms with E-state index in [2.05, 4.69) is 12.1 Å². The molecule has 0 spiro atoms. The number of benzene rings is 1. The number of aliphatic hydroxyl groups is 1. The summed E-state index contributed by atoms with van der Waals surface area (Å²) in [7, 11) is 1.69. The van der Waals surface area contributed by atoms with E-state index in [-0.39, 0.29) is 19.1 Å². The van der Waals surface area contributed by atoms with E-state index >= 15 is 0 Å². The third kappa shape index (κ3) is 3.40. The van der Waals surface area contributed by atoms with E-state index in [1.54, 1.807) is 11.9 Å². The summed E-state index contributed by atoms with van der Waals surface area (Å²) in [6.45, 7) is 0.152. The largest absolute Gasteiger partial charge is 0.395 e. The minimum atomic E-state index is -1.36. The van der Waals surface area contributed by atoms with Gasteiger partial charge in [0.2, 0.25) is 5.54 Å². The van der Waals surface area contributed by atoms with Gasteiger partial charge in [-0.25, -0.2) is 0 Å². The molecule has 0 aliphatic heterocycles. The molecule has 0 saturated heterocycles. The smallest absolute Gasteiger partial charge is 0.206 e. The van der Waals surface area contributed by atoms with Crippen molar-refractivity contribution in [2.75, 3.05) is 20.2 Å². The standard InChI is InChI=1S/C19H19N3O/c1-22(11-12-23)19(14-20,15-21)18-10-6-5-9-17(18)13-16-7-3-2-4-8-16/h2-10,13,18,23H,11-12H2,1H3. The van der Waals surface area contributed by atoms with Crippen LogP contribution in [-0.4, -0.2) is 35.7 Å². The second-order valence-electron chi connectivity index (χ2n) is 5.41. The van der Waals surface area contributed by atoms with Gasteiger partial charge in [-0.2, -0.15) is 10.5 Å². The molecule has 1 N–H and O–H groups in total. The summed E-state index contributed by atoms with van der Waals surface area (Å²) < 4.78 is 0. The summed E-state index contributed by atoms with van der Waals surface area (Å²) in [6, 6.07) is 14.1. The van der Waals surface area contributed by atoms with Crippen molar-refractivity contribution in [1.29, 1.82) is 10.5 Å². The molecule has 0 fully saturated rings. The van der Waals surface area contributed by atoms with E-state index in [0.29, 0.717) is 0 Å². The van der Waals surface area contributed by atoms with E-state index in [0.717, 1.165) is 11.1 Å². The quantitative estimate of drug-likeness (QED) is 0.907. The SMILES string of the molecule is CN(CCO)C(C#N)(C#N)C1C=CC=CC1=Cc1ccccc1. The number of aliphatic hydroxyl groups excluding tert-OH is 1. The van der Waals surface area contributed by atoms with Gasteiger partial charge in [-0.3, -0.25) is 4.90 Å². The first kappa shape index (κ1) is 16.7. The molecule has 0 amide bonds. The summed E-state index contributed by atoms with van der Waals surface area (Å²) >= 11 is 0. The van der Waals surface area contributed by atoms with Crippen LogP contribution in [0, 0.1) is 28.6 Å². The van der Waals surface area contributed by atoms with Crippen molar-refractivity contribution in [3.05, 3.63) is 65.8 Å². The lowest BCUT2D eigenvalue weighted by molar-refractivity contribution is 0.152. The van der Waals surface area contributed by atoms with Crippen molar-refractivity contribution in [3.63, 3.8) is 0 Å². The molecule has 2 rings (SSSR count). The fourth-order valence-electron chi connectivity index (χ4n) is 2.72. The molecule has 0 aromatic heterocycles. The maximum Gasteiger partial charge on any atom is 0.206 e. The highest BCUT2D eigenvalue weighted by Gasteiger charge is 2.43. The molecule has 1 aromatic rings. The maximum atomic E-state index is 9.73. The molecule has 1 aromatic carbocycles. The van der Waals surface area contributed by atoms with E-state index in [1.165, 1.54) is 0 Å². The first-order chi connectivity index (χ1) is 11.2. The van der Waals surface area contributed by atoms with Crippen molar-refractivity contribution in [3.8, 4) is 12.1 Å². The summed E-state index contributed by atoms with van der Waals surface area (Å²) in [5, 5.41) is 28.6. The first-order valence-corrected chi connectivity index (χ1v) is 7.44. The minimum Gasteiger partial charge on any atom is -0.395 e. The zero-order valence-corrected chi connectivity index (χ0v) is 13.1. The van der Waals surface area contributed by atoms with Crippen LogP contribution in [-0.2, 0) is 0 Å². The van der Waals surface area contributed by atoms with Gasteiger partial charge in [0.05, 0.1) is 6.61 Å². The average molecular weight is 305 g/mol. The van der Waals surface area contributed by atoms with Crippen LogP contribution in [0.3, 0.4) is 0 Å². The molecule has 1 unspecified atom stereocenters. The van der Waals surface area contributed by atoms with Crippen LogP contribution in [0.5, 0.6) is 0 Å². The summed E-state index contributed by atoms with van der Waals surface area (Å²) in [6.07, 6.45) is 9.53. The highest BCUT2D eigenvalue weighted by atomic mass is 16.3. The predicted molar refractivity (Wildman–Crippen MR) is 89.9 cm³/mol. The van der Waals surface area contributed by atoms with Gasteiger partial charge in [-0.1, -0.05) is 60.7 Å². The highest BCUT2D eigenvalue weighted by molar-refractivity contribution is 5.60. The number of nitrogens with zero attached hydrogens (tertiary/aromatic N) is 3. The molecule has 1 aliphatic carbocycles. The van der Waals surface area contributed by atoms with Crippen molar-refractivity contribution in [2.24, 2.45) is 5.92 Å². The molecule has 0 heterocycles. The Kier molecular flexibility index (Phi) is 5.49. The summed E-state index contributed by atoms with van der Waals surface area (Å²) in [5.74, 6) is -0.390. The number of rotatable bonds is 5. The van der Waals surface area contributed by atoms with Crippen molar-refractivity contribution in [2.45, 2.75) is 5.54 Å². The molecule has 1 aliphatic rings. The second kappa shape index (κ2) is 7.56. The lowest BCUT2D eigenvalue weighted by Crippen LogP contribution is -2.51. The Bertz CT molecular complexity index is 690. The number of hydrogen-bond donors (Lipinski definition) is 1. The van der Waals surface area contributed by atoms with Gasteiger partial charge < -0.3 is 5.11 Å². The Morgan fingerprint density at radius 2 is 1.91 bits per heavy atom. The first-order valence-electron chi connectivity index (χ1n) is 7.44. The van der Waals surface area contributed by atoms with Crippen LogP contribution in [0.1, 0.15) is 5.56 Å². The fourth-order valence-corrected chi connectivity index (χ4v) is 2.72. The van der Waals surface area contributed by atoms with Gasteiger partial charge in [0, 0.05) is 12.5 Å². The fraction of sp³-hybridized carbons (Fsp3) is 0.263. The topological polar surface area (TPSA) is 71.0 Å². The van der Waals surface area contributed by atoms with Crippen molar-refractivity contribution >= 4 is 6.08 Å². The van der Waals surface area contributed by atoms with Gasteiger partial charge in [0.15, 0.2) is 0 Å². The minimum absolute atomic E-state index is 0.106. The Labute approximate surface area is 136 Å². The molecule has 0 saturated carbocycles. The zero-order valence-electron chi connectivity index (χ0n) is 13.1. The molecule has 0 bridgehead atoms. The van der Waals surface area contributed by atoms with Gasteiger partial charge in [-0.05, 0) is 18.2 Å². The molecule has 23 heavy (non-hydrogen) atoms. The summed E-state index contributed by atoms with van der Waals surface area (Å²) in [5.41, 5.74) is 0.554. The lowest BCUT2D eigenvalue weighted by atomic mass is 9.77. The lowest BCUT2D eigenvalue weighted by Gasteiger charge is -2.36. The molecule has 1 atom stereocenters.